The summed E-state index contributed by atoms with van der Waals surface area (Å²) in [5.41, 5.74) is 0.214. The van der Waals surface area contributed by atoms with Gasteiger partial charge >= 0.3 is 18.0 Å². The summed E-state index contributed by atoms with van der Waals surface area (Å²) in [5, 5.41) is 31.1. The van der Waals surface area contributed by atoms with Crippen molar-refractivity contribution in [2.75, 3.05) is 31.8 Å². The maximum absolute atomic E-state index is 15.5. The molecule has 3 N–H and O–H groups in total. The molecule has 3 aliphatic heterocycles. The van der Waals surface area contributed by atoms with Crippen molar-refractivity contribution in [3.05, 3.63) is 131 Å². The molecule has 0 bridgehead atoms. The Morgan fingerprint density at radius 1 is 0.868 bits per heavy atom. The van der Waals surface area contributed by atoms with Crippen LogP contribution in [0, 0.1) is 17.8 Å². The maximum Gasteiger partial charge on any atom is 0.421 e. The predicted molar refractivity (Wildman–Crippen MR) is 189 cm³/mol. The molecule has 2 amide bonds. The number of methoxy groups -OCH3 is 1. The summed E-state index contributed by atoms with van der Waals surface area (Å²) in [6.07, 6.45) is -1.82. The number of carbonyl (C=O) groups is 4. The van der Waals surface area contributed by atoms with Crippen LogP contribution in [-0.2, 0) is 34.0 Å². The smallest absolute Gasteiger partial charge is 0.421 e. The molecule has 0 aromatic heterocycles. The molecule has 3 heterocycles. The standard InChI is InChI=1S/C41H36N2O10/c1-51-22-23-52-40(50)42-31-20-15-25(10-8-9-21-44)24-30(31)41(39(42)49)32(37(46)47)34-38(48)53-35(27-13-6-3-7-14-27)33(26-11-4-2-5-12-26)43(34)36(41)28-16-18-29(45)19-17-28/h2-7,11-20,24,32-36,44-45H,9,21-23H2,1H3,(H,46,47). The number of carboxylic acids is 1. The largest absolute Gasteiger partial charge is 0.508 e. The first kappa shape index (κ1) is 35.4. The average Bonchev–Trinajstić information content (AvgIpc) is 3.62. The van der Waals surface area contributed by atoms with Crippen molar-refractivity contribution in [1.29, 1.82) is 0 Å². The van der Waals surface area contributed by atoms with Crippen molar-refractivity contribution in [3.63, 3.8) is 0 Å². The van der Waals surface area contributed by atoms with Crippen LogP contribution in [0.4, 0.5) is 10.5 Å². The molecule has 53 heavy (non-hydrogen) atoms. The van der Waals surface area contributed by atoms with Crippen LogP contribution in [0.3, 0.4) is 0 Å². The van der Waals surface area contributed by atoms with E-state index in [1.165, 1.54) is 25.3 Å². The Labute approximate surface area is 305 Å². The van der Waals surface area contributed by atoms with E-state index in [-0.39, 0.29) is 43.2 Å². The third-order valence-electron chi connectivity index (χ3n) is 10.1. The summed E-state index contributed by atoms with van der Waals surface area (Å²) in [7, 11) is 1.43. The number of aliphatic hydroxyl groups excluding tert-OH is 1. The van der Waals surface area contributed by atoms with Gasteiger partial charge in [0.15, 0.2) is 0 Å². The van der Waals surface area contributed by atoms with Crippen LogP contribution in [0.5, 0.6) is 5.75 Å². The SMILES string of the molecule is COCCOC(=O)N1C(=O)C2(c3cc(C#CCCO)ccc31)C(C(=O)O)C1C(=O)OC(c3ccccc3)C(c3ccccc3)N1C2c1ccc(O)cc1. The van der Waals surface area contributed by atoms with Crippen LogP contribution in [0.25, 0.3) is 0 Å². The van der Waals surface area contributed by atoms with Crippen molar-refractivity contribution in [2.24, 2.45) is 5.92 Å². The molecular formula is C41H36N2O10. The number of aliphatic carboxylic acids is 1. The van der Waals surface area contributed by atoms with Crippen LogP contribution in [-0.4, -0.2) is 77.1 Å². The van der Waals surface area contributed by atoms with Crippen LogP contribution in [0.15, 0.2) is 103 Å². The zero-order valence-electron chi connectivity index (χ0n) is 28.6. The van der Waals surface area contributed by atoms with E-state index in [1.54, 1.807) is 29.2 Å². The molecular weight excluding hydrogens is 680 g/mol. The number of hydrogen-bond acceptors (Lipinski definition) is 10. The van der Waals surface area contributed by atoms with Crippen molar-refractivity contribution in [3.8, 4) is 17.6 Å². The molecule has 0 saturated carbocycles. The first-order chi connectivity index (χ1) is 25.7. The van der Waals surface area contributed by atoms with Crippen molar-refractivity contribution >= 4 is 29.6 Å². The van der Waals surface area contributed by atoms with Gasteiger partial charge in [0.05, 0.1) is 31.0 Å². The number of imide groups is 1. The van der Waals surface area contributed by atoms with Crippen LogP contribution >= 0.6 is 0 Å². The van der Waals surface area contributed by atoms with Crippen molar-refractivity contribution in [2.45, 2.75) is 36.1 Å². The summed E-state index contributed by atoms with van der Waals surface area (Å²) in [6, 6.07) is 25.4. The van der Waals surface area contributed by atoms with Crippen LogP contribution < -0.4 is 4.90 Å². The highest BCUT2D eigenvalue weighted by Crippen LogP contribution is 2.65. The number of cyclic esters (lactones) is 1. The number of carboxylic acid groups (broad SMARTS) is 1. The number of amides is 2. The first-order valence-corrected chi connectivity index (χ1v) is 17.1. The third-order valence-corrected chi connectivity index (χ3v) is 10.1. The Morgan fingerprint density at radius 2 is 1.55 bits per heavy atom. The molecule has 0 aliphatic carbocycles. The number of rotatable bonds is 8. The molecule has 6 atom stereocenters. The fraction of sp³-hybridized carbons (Fsp3) is 0.268. The van der Waals surface area contributed by atoms with Gasteiger partial charge in [-0.3, -0.25) is 19.3 Å². The van der Waals surface area contributed by atoms with Gasteiger partial charge in [0.2, 0.25) is 5.91 Å². The minimum atomic E-state index is -2.14. The van der Waals surface area contributed by atoms with E-state index in [4.69, 9.17) is 14.2 Å². The monoisotopic (exact) mass is 716 g/mol. The second-order valence-electron chi connectivity index (χ2n) is 12.9. The summed E-state index contributed by atoms with van der Waals surface area (Å²) < 4.78 is 16.7. The highest BCUT2D eigenvalue weighted by atomic mass is 16.6. The van der Waals surface area contributed by atoms with E-state index in [9.17, 15) is 29.7 Å². The van der Waals surface area contributed by atoms with Crippen molar-refractivity contribution < 1.29 is 48.7 Å². The second kappa shape index (κ2) is 14.6. The molecule has 2 fully saturated rings. The predicted octanol–water partition coefficient (Wildman–Crippen LogP) is 4.66. The molecule has 1 spiro atoms. The normalized spacial score (nSPS) is 24.6. The van der Waals surface area contributed by atoms with E-state index in [0.717, 1.165) is 4.90 Å². The number of esters is 1. The number of benzene rings is 4. The fourth-order valence-electron chi connectivity index (χ4n) is 8.10. The van der Waals surface area contributed by atoms with E-state index < -0.39 is 59.5 Å². The Kier molecular flexibility index (Phi) is 9.72. The number of carbonyl (C=O) groups excluding carboxylic acids is 3. The minimum Gasteiger partial charge on any atom is -0.508 e. The Bertz CT molecular complexity index is 2100. The maximum atomic E-state index is 15.5. The molecule has 270 valence electrons. The number of morpholine rings is 1. The van der Waals surface area contributed by atoms with Gasteiger partial charge in [-0.25, -0.2) is 9.69 Å². The number of nitrogens with zero attached hydrogens (tertiary/aromatic N) is 2. The number of hydrogen-bond donors (Lipinski definition) is 3. The van der Waals surface area contributed by atoms with E-state index >= 15 is 4.79 Å². The molecule has 12 heteroatoms. The van der Waals surface area contributed by atoms with Gasteiger partial charge in [-0.1, -0.05) is 84.6 Å². The quantitative estimate of drug-likeness (QED) is 0.132. The summed E-state index contributed by atoms with van der Waals surface area (Å²) in [5.74, 6) is 0.732. The average molecular weight is 717 g/mol. The fourth-order valence-corrected chi connectivity index (χ4v) is 8.10. The lowest BCUT2D eigenvalue weighted by Gasteiger charge is -2.46. The Hall–Kier alpha value is -6.00. The number of anilines is 1. The molecule has 4 aromatic rings. The van der Waals surface area contributed by atoms with Crippen molar-refractivity contribution in [1.82, 2.24) is 4.90 Å². The van der Waals surface area contributed by atoms with Gasteiger partial charge in [-0.2, -0.15) is 0 Å². The molecule has 4 aromatic carbocycles. The van der Waals surface area contributed by atoms with Gasteiger partial charge in [0, 0.05) is 19.1 Å². The number of phenols is 1. The van der Waals surface area contributed by atoms with Gasteiger partial charge in [-0.15, -0.1) is 0 Å². The number of ether oxygens (including phenoxy) is 3. The topological polar surface area (TPSA) is 163 Å². The third kappa shape index (κ3) is 5.89. The highest BCUT2D eigenvalue weighted by molar-refractivity contribution is 6.23. The molecule has 0 radical (unpaired) electrons. The summed E-state index contributed by atoms with van der Waals surface area (Å²) in [6.45, 7) is -0.333. The number of aromatic hydroxyl groups is 1. The molecule has 2 saturated heterocycles. The van der Waals surface area contributed by atoms with Gasteiger partial charge in [0.25, 0.3) is 0 Å². The summed E-state index contributed by atoms with van der Waals surface area (Å²) in [4.78, 5) is 60.4. The van der Waals surface area contributed by atoms with Gasteiger partial charge < -0.3 is 29.5 Å². The number of aliphatic hydroxyl groups is 1. The lowest BCUT2D eigenvalue weighted by molar-refractivity contribution is -0.179. The van der Waals surface area contributed by atoms with Gasteiger partial charge in [0.1, 0.15) is 35.8 Å². The van der Waals surface area contributed by atoms with E-state index in [0.29, 0.717) is 22.3 Å². The Morgan fingerprint density at radius 3 is 2.19 bits per heavy atom. The molecule has 6 unspecified atom stereocenters. The summed E-state index contributed by atoms with van der Waals surface area (Å²) >= 11 is 0. The second-order valence-corrected chi connectivity index (χ2v) is 12.9. The van der Waals surface area contributed by atoms with Crippen LogP contribution in [0.2, 0.25) is 0 Å². The zero-order valence-corrected chi connectivity index (χ0v) is 28.6. The number of fused-ring (bicyclic) bond motifs is 3. The van der Waals surface area contributed by atoms with E-state index in [2.05, 4.69) is 11.8 Å². The lowest BCUT2D eigenvalue weighted by Crippen LogP contribution is -2.53. The highest BCUT2D eigenvalue weighted by Gasteiger charge is 2.76. The zero-order chi connectivity index (χ0) is 37.3. The van der Waals surface area contributed by atoms with E-state index in [1.807, 2.05) is 60.7 Å². The molecule has 12 nitrogen and oxygen atoms in total. The number of phenolic OH excluding ortho intramolecular Hbond substituents is 1. The molecule has 3 aliphatic rings. The van der Waals surface area contributed by atoms with Crippen LogP contribution in [0.1, 0.15) is 52.4 Å². The molecule has 7 rings (SSSR count). The minimum absolute atomic E-state index is 0.0420. The first-order valence-electron chi connectivity index (χ1n) is 17.1. The van der Waals surface area contributed by atoms with Gasteiger partial charge in [-0.05, 0) is 52.6 Å². The Balaban J connectivity index is 1.55. The lowest BCUT2D eigenvalue weighted by atomic mass is 9.65.